The van der Waals surface area contributed by atoms with E-state index in [1.807, 2.05) is 7.11 Å². The van der Waals surface area contributed by atoms with Gasteiger partial charge in [0.1, 0.15) is 5.01 Å². The smallest absolute Gasteiger partial charge is 0.113 e. The van der Waals surface area contributed by atoms with Gasteiger partial charge in [-0.05, 0) is 32.6 Å². The quantitative estimate of drug-likeness (QED) is 0.815. The highest BCUT2D eigenvalue weighted by Gasteiger charge is 2.39. The van der Waals surface area contributed by atoms with Gasteiger partial charge in [-0.1, -0.05) is 0 Å². The molecular weight excluding hydrogens is 260 g/mol. The molecule has 1 saturated carbocycles. The highest BCUT2D eigenvalue weighted by Crippen LogP contribution is 2.39. The first-order valence-electron chi connectivity index (χ1n) is 6.89. The standard InChI is InChI=1S/C14H24N2O2S/c1-11-10-19-13(16-11)14(15-7-8-17-2)6-4-5-12(9-14)18-3/h10,12,15H,4-9H2,1-3H3. The Kier molecular flexibility index (Phi) is 5.33. The topological polar surface area (TPSA) is 43.4 Å². The molecule has 0 aromatic carbocycles. The lowest BCUT2D eigenvalue weighted by molar-refractivity contribution is 0.0268. The van der Waals surface area contributed by atoms with Gasteiger partial charge < -0.3 is 14.8 Å². The maximum atomic E-state index is 5.59. The molecule has 0 radical (unpaired) electrons. The summed E-state index contributed by atoms with van der Waals surface area (Å²) in [5.41, 5.74) is 1.07. The first-order valence-corrected chi connectivity index (χ1v) is 7.77. The Morgan fingerprint density at radius 3 is 3.00 bits per heavy atom. The minimum Gasteiger partial charge on any atom is -0.383 e. The molecule has 0 amide bonds. The zero-order chi connectivity index (χ0) is 13.7. The number of hydrogen-bond donors (Lipinski definition) is 1. The summed E-state index contributed by atoms with van der Waals surface area (Å²) in [5, 5.41) is 7.00. The van der Waals surface area contributed by atoms with Crippen LogP contribution in [0.3, 0.4) is 0 Å². The average Bonchev–Trinajstić information content (AvgIpc) is 2.86. The number of aryl methyl sites for hydroxylation is 1. The van der Waals surface area contributed by atoms with Crippen LogP contribution in [0, 0.1) is 6.92 Å². The van der Waals surface area contributed by atoms with Crippen molar-refractivity contribution < 1.29 is 9.47 Å². The van der Waals surface area contributed by atoms with E-state index in [-0.39, 0.29) is 5.54 Å². The summed E-state index contributed by atoms with van der Waals surface area (Å²) < 4.78 is 10.7. The number of ether oxygens (including phenoxy) is 2. The largest absolute Gasteiger partial charge is 0.383 e. The molecule has 1 aromatic rings. The van der Waals surface area contributed by atoms with Crippen molar-refractivity contribution in [2.75, 3.05) is 27.4 Å². The van der Waals surface area contributed by atoms with E-state index >= 15 is 0 Å². The van der Waals surface area contributed by atoms with Crippen LogP contribution in [0.15, 0.2) is 5.38 Å². The van der Waals surface area contributed by atoms with Gasteiger partial charge in [-0.2, -0.15) is 0 Å². The fourth-order valence-corrected chi connectivity index (χ4v) is 3.84. The molecule has 2 atom stereocenters. The van der Waals surface area contributed by atoms with Gasteiger partial charge in [0, 0.05) is 31.8 Å². The monoisotopic (exact) mass is 284 g/mol. The van der Waals surface area contributed by atoms with E-state index in [4.69, 9.17) is 14.5 Å². The molecule has 2 rings (SSSR count). The molecule has 1 aliphatic rings. The van der Waals surface area contributed by atoms with E-state index < -0.39 is 0 Å². The number of rotatable bonds is 6. The number of nitrogens with zero attached hydrogens (tertiary/aromatic N) is 1. The molecule has 1 fully saturated rings. The molecule has 1 aromatic heterocycles. The third-order valence-electron chi connectivity index (χ3n) is 3.84. The lowest BCUT2D eigenvalue weighted by atomic mass is 9.80. The molecular formula is C14H24N2O2S. The second-order valence-corrected chi connectivity index (χ2v) is 6.11. The molecule has 0 saturated heterocycles. The molecule has 2 unspecified atom stereocenters. The molecule has 4 nitrogen and oxygen atoms in total. The van der Waals surface area contributed by atoms with Crippen LogP contribution in [0.25, 0.3) is 0 Å². The van der Waals surface area contributed by atoms with Crippen molar-refractivity contribution in [3.05, 3.63) is 16.1 Å². The third kappa shape index (κ3) is 3.54. The van der Waals surface area contributed by atoms with Gasteiger partial charge in [-0.25, -0.2) is 4.98 Å². The predicted octanol–water partition coefficient (Wildman–Crippen LogP) is 2.47. The second-order valence-electron chi connectivity index (χ2n) is 5.25. The molecule has 1 heterocycles. The van der Waals surface area contributed by atoms with Crippen LogP contribution >= 0.6 is 11.3 Å². The molecule has 0 bridgehead atoms. The van der Waals surface area contributed by atoms with Crippen molar-refractivity contribution in [1.29, 1.82) is 0 Å². The van der Waals surface area contributed by atoms with E-state index in [2.05, 4.69) is 17.6 Å². The van der Waals surface area contributed by atoms with Crippen molar-refractivity contribution >= 4 is 11.3 Å². The minimum absolute atomic E-state index is 0.0314. The van der Waals surface area contributed by atoms with Gasteiger partial charge in [0.05, 0.1) is 18.2 Å². The van der Waals surface area contributed by atoms with Crippen LogP contribution in [0.5, 0.6) is 0 Å². The summed E-state index contributed by atoms with van der Waals surface area (Å²) in [6, 6.07) is 0. The molecule has 1 N–H and O–H groups in total. The Labute approximate surface area is 119 Å². The van der Waals surface area contributed by atoms with Crippen molar-refractivity contribution in [3.63, 3.8) is 0 Å². The van der Waals surface area contributed by atoms with Crippen LogP contribution < -0.4 is 5.32 Å². The molecule has 19 heavy (non-hydrogen) atoms. The van der Waals surface area contributed by atoms with Gasteiger partial charge in [0.25, 0.3) is 0 Å². The van der Waals surface area contributed by atoms with Crippen LogP contribution in [-0.2, 0) is 15.0 Å². The van der Waals surface area contributed by atoms with Crippen molar-refractivity contribution in [1.82, 2.24) is 10.3 Å². The first-order chi connectivity index (χ1) is 9.20. The normalized spacial score (nSPS) is 27.6. The van der Waals surface area contributed by atoms with Gasteiger partial charge in [0.2, 0.25) is 0 Å². The van der Waals surface area contributed by atoms with E-state index in [0.717, 1.165) is 38.1 Å². The SMILES string of the molecule is COCCNC1(c2nc(C)cs2)CCCC(OC)C1. The van der Waals surface area contributed by atoms with E-state index in [0.29, 0.717) is 6.10 Å². The summed E-state index contributed by atoms with van der Waals surface area (Å²) >= 11 is 1.76. The highest BCUT2D eigenvalue weighted by atomic mass is 32.1. The Morgan fingerprint density at radius 2 is 2.37 bits per heavy atom. The van der Waals surface area contributed by atoms with Crippen LogP contribution in [0.4, 0.5) is 0 Å². The van der Waals surface area contributed by atoms with Crippen molar-refractivity contribution in [2.45, 2.75) is 44.2 Å². The van der Waals surface area contributed by atoms with Crippen molar-refractivity contribution in [2.24, 2.45) is 0 Å². The van der Waals surface area contributed by atoms with Crippen LogP contribution in [0.2, 0.25) is 0 Å². The van der Waals surface area contributed by atoms with Gasteiger partial charge in [0.15, 0.2) is 0 Å². The Morgan fingerprint density at radius 1 is 1.53 bits per heavy atom. The number of aromatic nitrogens is 1. The number of hydrogen-bond acceptors (Lipinski definition) is 5. The number of methoxy groups -OCH3 is 2. The maximum absolute atomic E-state index is 5.59. The van der Waals surface area contributed by atoms with Gasteiger partial charge >= 0.3 is 0 Å². The van der Waals surface area contributed by atoms with Crippen molar-refractivity contribution in [3.8, 4) is 0 Å². The van der Waals surface area contributed by atoms with Gasteiger partial charge in [-0.3, -0.25) is 0 Å². The fraction of sp³-hybridized carbons (Fsp3) is 0.786. The fourth-order valence-electron chi connectivity index (χ4n) is 2.82. The minimum atomic E-state index is -0.0314. The molecule has 0 spiro atoms. The highest BCUT2D eigenvalue weighted by molar-refractivity contribution is 7.09. The van der Waals surface area contributed by atoms with Crippen LogP contribution in [0.1, 0.15) is 36.4 Å². The second kappa shape index (κ2) is 6.79. The van der Waals surface area contributed by atoms with Crippen LogP contribution in [-0.4, -0.2) is 38.5 Å². The zero-order valence-electron chi connectivity index (χ0n) is 12.1. The maximum Gasteiger partial charge on any atom is 0.113 e. The van der Waals surface area contributed by atoms with E-state index in [1.165, 1.54) is 11.4 Å². The lowest BCUT2D eigenvalue weighted by Crippen LogP contribution is -2.48. The summed E-state index contributed by atoms with van der Waals surface area (Å²) in [7, 11) is 3.55. The number of thiazole rings is 1. The predicted molar refractivity (Wildman–Crippen MR) is 77.7 cm³/mol. The summed E-state index contributed by atoms with van der Waals surface area (Å²) in [4.78, 5) is 4.71. The first kappa shape index (κ1) is 14.9. The summed E-state index contributed by atoms with van der Waals surface area (Å²) in [5.74, 6) is 0. The lowest BCUT2D eigenvalue weighted by Gasteiger charge is -2.40. The summed E-state index contributed by atoms with van der Waals surface area (Å²) in [6.07, 6.45) is 4.78. The summed E-state index contributed by atoms with van der Waals surface area (Å²) in [6.45, 7) is 3.63. The Balaban J connectivity index is 2.16. The molecule has 108 valence electrons. The third-order valence-corrected chi connectivity index (χ3v) is 5.00. The van der Waals surface area contributed by atoms with Gasteiger partial charge in [-0.15, -0.1) is 11.3 Å². The average molecular weight is 284 g/mol. The van der Waals surface area contributed by atoms with E-state index in [9.17, 15) is 0 Å². The molecule has 0 aliphatic heterocycles. The number of nitrogens with one attached hydrogen (secondary N) is 1. The Bertz CT molecular complexity index is 397. The Hall–Kier alpha value is -0.490. The van der Waals surface area contributed by atoms with E-state index in [1.54, 1.807) is 18.4 Å². The zero-order valence-corrected chi connectivity index (χ0v) is 12.9. The molecule has 1 aliphatic carbocycles. The molecule has 5 heteroatoms.